The summed E-state index contributed by atoms with van der Waals surface area (Å²) in [7, 11) is 0. The van der Waals surface area contributed by atoms with Crippen LogP contribution in [0.3, 0.4) is 0 Å². The zero-order valence-electron chi connectivity index (χ0n) is 12.6. The Kier molecular flexibility index (Phi) is 4.96. The number of piperidine rings is 1. The van der Waals surface area contributed by atoms with Crippen LogP contribution in [-0.2, 0) is 0 Å². The Morgan fingerprint density at radius 2 is 2.04 bits per heavy atom. The molecule has 1 unspecified atom stereocenters. The van der Waals surface area contributed by atoms with Gasteiger partial charge in [-0.25, -0.2) is 4.39 Å². The molecule has 1 N–H and O–H groups in total. The van der Waals surface area contributed by atoms with E-state index in [9.17, 15) is 9.18 Å². The van der Waals surface area contributed by atoms with Gasteiger partial charge in [0.1, 0.15) is 5.82 Å². The zero-order chi connectivity index (χ0) is 16.2. The van der Waals surface area contributed by atoms with Crippen molar-refractivity contribution in [1.82, 2.24) is 5.32 Å². The summed E-state index contributed by atoms with van der Waals surface area (Å²) in [5.41, 5.74) is 1.51. The van der Waals surface area contributed by atoms with Crippen LogP contribution in [0.4, 0.5) is 10.1 Å². The number of benzene rings is 2. The summed E-state index contributed by atoms with van der Waals surface area (Å²) in [4.78, 5) is 14.5. The molecule has 2 aromatic rings. The normalized spacial score (nSPS) is 17.8. The van der Waals surface area contributed by atoms with Crippen molar-refractivity contribution in [2.24, 2.45) is 0 Å². The highest BCUT2D eigenvalue weighted by atomic mass is 79.9. The van der Waals surface area contributed by atoms with E-state index in [1.807, 2.05) is 24.3 Å². The number of carbonyl (C=O) groups excluding carboxylic acids is 1. The molecule has 0 aliphatic carbocycles. The molecule has 1 aliphatic rings. The van der Waals surface area contributed by atoms with Crippen LogP contribution >= 0.6 is 15.9 Å². The molecular formula is C18H18BrFN2O. The summed E-state index contributed by atoms with van der Waals surface area (Å²) in [6, 6.07) is 14.0. The highest BCUT2D eigenvalue weighted by molar-refractivity contribution is 9.10. The average Bonchev–Trinajstić information content (AvgIpc) is 2.55. The Balaban J connectivity index is 1.66. The van der Waals surface area contributed by atoms with Crippen LogP contribution in [-0.4, -0.2) is 25.0 Å². The molecule has 0 saturated carbocycles. The van der Waals surface area contributed by atoms with E-state index in [0.717, 1.165) is 29.5 Å². The van der Waals surface area contributed by atoms with Gasteiger partial charge >= 0.3 is 0 Å². The molecule has 1 aliphatic heterocycles. The first-order valence-corrected chi connectivity index (χ1v) is 8.48. The molecular weight excluding hydrogens is 359 g/mol. The minimum absolute atomic E-state index is 0.0681. The maximum atomic E-state index is 13.4. The minimum Gasteiger partial charge on any atom is -0.369 e. The highest BCUT2D eigenvalue weighted by Crippen LogP contribution is 2.21. The van der Waals surface area contributed by atoms with Gasteiger partial charge in [-0.15, -0.1) is 0 Å². The van der Waals surface area contributed by atoms with E-state index in [1.165, 1.54) is 6.07 Å². The molecule has 0 bridgehead atoms. The fraction of sp³-hybridized carbons (Fsp3) is 0.278. The van der Waals surface area contributed by atoms with E-state index >= 15 is 0 Å². The smallest absolute Gasteiger partial charge is 0.251 e. The van der Waals surface area contributed by atoms with Gasteiger partial charge < -0.3 is 10.2 Å². The molecule has 0 spiro atoms. The molecule has 5 heteroatoms. The molecule has 1 heterocycles. The van der Waals surface area contributed by atoms with E-state index < -0.39 is 0 Å². The van der Waals surface area contributed by atoms with Crippen LogP contribution in [0.1, 0.15) is 23.2 Å². The first-order chi connectivity index (χ1) is 11.1. The second-order valence-corrected chi connectivity index (χ2v) is 6.66. The summed E-state index contributed by atoms with van der Waals surface area (Å²) in [5.74, 6) is -0.305. The van der Waals surface area contributed by atoms with Crippen molar-refractivity contribution < 1.29 is 9.18 Å². The van der Waals surface area contributed by atoms with Crippen LogP contribution in [0.25, 0.3) is 0 Å². The second-order valence-electron chi connectivity index (χ2n) is 5.75. The number of carbonyl (C=O) groups is 1. The van der Waals surface area contributed by atoms with Crippen molar-refractivity contribution in [2.75, 3.05) is 18.0 Å². The Hall–Kier alpha value is -1.88. The Bertz CT molecular complexity index is 707. The van der Waals surface area contributed by atoms with Crippen LogP contribution in [0, 0.1) is 5.82 Å². The summed E-state index contributed by atoms with van der Waals surface area (Å²) < 4.78 is 14.3. The van der Waals surface area contributed by atoms with Gasteiger partial charge in [-0.1, -0.05) is 28.1 Å². The van der Waals surface area contributed by atoms with Crippen molar-refractivity contribution in [2.45, 2.75) is 18.9 Å². The number of nitrogens with one attached hydrogen (secondary N) is 1. The standard InChI is InChI=1S/C18H18BrFN2O/c19-14-5-1-4-13(10-14)18(23)21-16-7-3-9-22(12-16)17-8-2-6-15(20)11-17/h1-2,4-6,8,10-11,16H,3,7,9,12H2,(H,21,23). The molecule has 1 saturated heterocycles. The van der Waals surface area contributed by atoms with E-state index in [4.69, 9.17) is 0 Å². The number of amides is 1. The first-order valence-electron chi connectivity index (χ1n) is 7.69. The molecule has 23 heavy (non-hydrogen) atoms. The maximum Gasteiger partial charge on any atom is 0.251 e. The predicted molar refractivity (Wildman–Crippen MR) is 93.2 cm³/mol. The van der Waals surface area contributed by atoms with Crippen LogP contribution in [0.15, 0.2) is 53.0 Å². The van der Waals surface area contributed by atoms with Crippen LogP contribution < -0.4 is 10.2 Å². The summed E-state index contributed by atoms with van der Waals surface area (Å²) in [6.45, 7) is 1.58. The van der Waals surface area contributed by atoms with Gasteiger partial charge in [-0.05, 0) is 49.2 Å². The van der Waals surface area contributed by atoms with Gasteiger partial charge in [-0.2, -0.15) is 0 Å². The third kappa shape index (κ3) is 4.10. The number of hydrogen-bond donors (Lipinski definition) is 1. The quantitative estimate of drug-likeness (QED) is 0.878. The van der Waals surface area contributed by atoms with Gasteiger partial charge in [0.25, 0.3) is 5.91 Å². The van der Waals surface area contributed by atoms with E-state index in [2.05, 4.69) is 26.1 Å². The molecule has 2 aromatic carbocycles. The number of halogens is 2. The van der Waals surface area contributed by atoms with Crippen LogP contribution in [0.2, 0.25) is 0 Å². The molecule has 0 radical (unpaired) electrons. The number of hydrogen-bond acceptors (Lipinski definition) is 2. The van der Waals surface area contributed by atoms with E-state index in [0.29, 0.717) is 12.1 Å². The third-order valence-electron chi connectivity index (χ3n) is 4.02. The summed E-state index contributed by atoms with van der Waals surface area (Å²) in [6.07, 6.45) is 1.91. The van der Waals surface area contributed by atoms with Crippen molar-refractivity contribution in [3.05, 3.63) is 64.4 Å². The van der Waals surface area contributed by atoms with E-state index in [-0.39, 0.29) is 17.8 Å². The monoisotopic (exact) mass is 376 g/mol. The fourth-order valence-corrected chi connectivity index (χ4v) is 3.30. The summed E-state index contributed by atoms with van der Waals surface area (Å²) in [5, 5.41) is 3.08. The molecule has 1 amide bonds. The molecule has 1 fully saturated rings. The van der Waals surface area contributed by atoms with Gasteiger partial charge in [0.15, 0.2) is 0 Å². The van der Waals surface area contributed by atoms with Crippen molar-refractivity contribution in [1.29, 1.82) is 0 Å². The Labute approximate surface area is 143 Å². The highest BCUT2D eigenvalue weighted by Gasteiger charge is 2.22. The summed E-state index contributed by atoms with van der Waals surface area (Å²) >= 11 is 3.38. The molecule has 120 valence electrons. The van der Waals surface area contributed by atoms with Gasteiger partial charge in [0, 0.05) is 34.9 Å². The predicted octanol–water partition coefficient (Wildman–Crippen LogP) is 3.99. The average molecular weight is 377 g/mol. The maximum absolute atomic E-state index is 13.4. The lowest BCUT2D eigenvalue weighted by atomic mass is 10.0. The van der Waals surface area contributed by atoms with Gasteiger partial charge in [0.2, 0.25) is 0 Å². The lowest BCUT2D eigenvalue weighted by molar-refractivity contribution is 0.0933. The second kappa shape index (κ2) is 7.13. The molecule has 3 nitrogen and oxygen atoms in total. The lowest BCUT2D eigenvalue weighted by Crippen LogP contribution is -2.47. The van der Waals surface area contributed by atoms with Crippen molar-refractivity contribution in [3.8, 4) is 0 Å². The SMILES string of the molecule is O=C(NC1CCCN(c2cccc(F)c2)C1)c1cccc(Br)c1. The molecule has 1 atom stereocenters. The Morgan fingerprint density at radius 1 is 1.22 bits per heavy atom. The van der Waals surface area contributed by atoms with E-state index in [1.54, 1.807) is 18.2 Å². The minimum atomic E-state index is -0.234. The third-order valence-corrected chi connectivity index (χ3v) is 4.51. The number of rotatable bonds is 3. The van der Waals surface area contributed by atoms with Crippen molar-refractivity contribution in [3.63, 3.8) is 0 Å². The van der Waals surface area contributed by atoms with Gasteiger partial charge in [0.05, 0.1) is 0 Å². The fourth-order valence-electron chi connectivity index (χ4n) is 2.90. The zero-order valence-corrected chi connectivity index (χ0v) is 14.2. The lowest BCUT2D eigenvalue weighted by Gasteiger charge is -2.34. The van der Waals surface area contributed by atoms with Gasteiger partial charge in [-0.3, -0.25) is 4.79 Å². The molecule has 0 aromatic heterocycles. The Morgan fingerprint density at radius 3 is 2.83 bits per heavy atom. The topological polar surface area (TPSA) is 32.3 Å². The van der Waals surface area contributed by atoms with Crippen LogP contribution in [0.5, 0.6) is 0 Å². The first kappa shape index (κ1) is 16.0. The molecule has 3 rings (SSSR count). The number of nitrogens with zero attached hydrogens (tertiary/aromatic N) is 1. The number of anilines is 1. The van der Waals surface area contributed by atoms with Crippen molar-refractivity contribution >= 4 is 27.5 Å². The largest absolute Gasteiger partial charge is 0.369 e.